The van der Waals surface area contributed by atoms with Crippen LogP contribution in [0.15, 0.2) is 42.9 Å². The molecular formula is C11H8N5+. The quantitative estimate of drug-likeness (QED) is 0.439. The van der Waals surface area contributed by atoms with Crippen LogP contribution in [-0.4, -0.2) is 19.7 Å². The second-order valence-electron chi connectivity index (χ2n) is 3.68. The molecule has 0 amide bonds. The summed E-state index contributed by atoms with van der Waals surface area (Å²) < 4.78 is 3.91. The molecule has 0 spiro atoms. The van der Waals surface area contributed by atoms with E-state index in [0.717, 1.165) is 16.8 Å². The average molecular weight is 210 g/mol. The first-order valence-corrected chi connectivity index (χ1v) is 5.04. The maximum atomic E-state index is 4.34. The van der Waals surface area contributed by atoms with Gasteiger partial charge in [0.1, 0.15) is 11.7 Å². The molecule has 0 atom stereocenters. The number of hydrogen-bond donors (Lipinski definition) is 1. The van der Waals surface area contributed by atoms with Crippen molar-refractivity contribution < 1.29 is 4.52 Å². The van der Waals surface area contributed by atoms with E-state index in [4.69, 9.17) is 0 Å². The van der Waals surface area contributed by atoms with E-state index in [-0.39, 0.29) is 0 Å². The van der Waals surface area contributed by atoms with Crippen molar-refractivity contribution in [2.24, 2.45) is 0 Å². The zero-order chi connectivity index (χ0) is 10.5. The van der Waals surface area contributed by atoms with Crippen molar-refractivity contribution in [3.63, 3.8) is 0 Å². The topological polar surface area (TPSA) is 50.1 Å². The third-order valence-corrected chi connectivity index (χ3v) is 2.74. The molecule has 1 aromatic carbocycles. The van der Waals surface area contributed by atoms with Gasteiger partial charge in [0, 0.05) is 5.39 Å². The highest BCUT2D eigenvalue weighted by molar-refractivity contribution is 5.76. The van der Waals surface area contributed by atoms with Gasteiger partial charge in [0.05, 0.1) is 12.4 Å². The summed E-state index contributed by atoms with van der Waals surface area (Å²) in [5, 5.41) is 4.35. The Hall–Kier alpha value is -2.43. The molecule has 0 radical (unpaired) electrons. The monoisotopic (exact) mass is 210 g/mol. The number of benzene rings is 1. The Kier molecular flexibility index (Phi) is 1.26. The van der Waals surface area contributed by atoms with E-state index >= 15 is 0 Å². The third kappa shape index (κ3) is 0.826. The first kappa shape index (κ1) is 7.81. The molecule has 76 valence electrons. The van der Waals surface area contributed by atoms with Crippen molar-refractivity contribution in [2.75, 3.05) is 0 Å². The van der Waals surface area contributed by atoms with Gasteiger partial charge in [0.15, 0.2) is 0 Å². The maximum absolute atomic E-state index is 4.34. The molecule has 4 rings (SSSR count). The average Bonchev–Trinajstić information content (AvgIpc) is 2.83. The highest BCUT2D eigenvalue weighted by Crippen LogP contribution is 2.11. The van der Waals surface area contributed by atoms with E-state index in [0.29, 0.717) is 0 Å². The molecule has 3 heterocycles. The number of nitrogens with one attached hydrogen (secondary N) is 1. The second kappa shape index (κ2) is 2.57. The lowest BCUT2D eigenvalue weighted by Gasteiger charge is -1.84. The summed E-state index contributed by atoms with van der Waals surface area (Å²) in [6.45, 7) is 0. The molecule has 16 heavy (non-hydrogen) atoms. The molecule has 3 aromatic heterocycles. The van der Waals surface area contributed by atoms with Crippen LogP contribution in [0.5, 0.6) is 0 Å². The number of fused-ring (bicyclic) bond motifs is 5. The van der Waals surface area contributed by atoms with Crippen LogP contribution in [0, 0.1) is 0 Å². The molecule has 0 aliphatic rings. The molecule has 0 aliphatic carbocycles. The molecule has 5 heteroatoms. The number of para-hydroxylation sites is 1. The Morgan fingerprint density at radius 3 is 3.00 bits per heavy atom. The number of H-pyrrole nitrogens is 1. The van der Waals surface area contributed by atoms with Crippen molar-refractivity contribution in [1.29, 1.82) is 0 Å². The zero-order valence-electron chi connectivity index (χ0n) is 8.33. The van der Waals surface area contributed by atoms with Crippen LogP contribution in [0.4, 0.5) is 0 Å². The normalized spacial score (nSPS) is 11.8. The van der Waals surface area contributed by atoms with Crippen LogP contribution in [0.2, 0.25) is 0 Å². The number of aromatic nitrogens is 5. The smallest absolute Gasteiger partial charge is 0.214 e. The molecule has 5 nitrogen and oxygen atoms in total. The fourth-order valence-electron chi connectivity index (χ4n) is 2.07. The minimum absolute atomic E-state index is 0.785. The van der Waals surface area contributed by atoms with Gasteiger partial charge in [0.2, 0.25) is 0 Å². The fourth-order valence-corrected chi connectivity index (χ4v) is 2.07. The summed E-state index contributed by atoms with van der Waals surface area (Å²) in [7, 11) is 0. The highest BCUT2D eigenvalue weighted by Gasteiger charge is 2.16. The lowest BCUT2D eigenvalue weighted by Crippen LogP contribution is -2.26. The number of rotatable bonds is 0. The summed E-state index contributed by atoms with van der Waals surface area (Å²) in [5.74, 6) is 0. The molecule has 4 aromatic rings. The van der Waals surface area contributed by atoms with E-state index in [2.05, 4.69) is 27.2 Å². The van der Waals surface area contributed by atoms with Gasteiger partial charge in [-0.05, 0) is 12.1 Å². The van der Waals surface area contributed by atoms with Gasteiger partial charge in [-0.15, -0.1) is 9.50 Å². The first-order valence-electron chi connectivity index (χ1n) is 5.04. The summed E-state index contributed by atoms with van der Waals surface area (Å²) in [5.41, 5.74) is 2.74. The molecule has 1 N–H and O–H groups in total. The highest BCUT2D eigenvalue weighted by atomic mass is 15.5. The van der Waals surface area contributed by atoms with Gasteiger partial charge in [-0.1, -0.05) is 16.8 Å². The molecule has 0 aliphatic heterocycles. The molecule has 0 bridgehead atoms. The van der Waals surface area contributed by atoms with Gasteiger partial charge < -0.3 is 0 Å². The van der Waals surface area contributed by atoms with Crippen molar-refractivity contribution in [3.8, 4) is 0 Å². The van der Waals surface area contributed by atoms with Crippen LogP contribution in [0.1, 0.15) is 0 Å². The number of aromatic amines is 1. The van der Waals surface area contributed by atoms with Crippen molar-refractivity contribution in [3.05, 3.63) is 42.9 Å². The predicted molar refractivity (Wildman–Crippen MR) is 58.0 cm³/mol. The van der Waals surface area contributed by atoms with E-state index in [1.807, 2.05) is 27.5 Å². The molecule has 0 unspecified atom stereocenters. The van der Waals surface area contributed by atoms with Crippen LogP contribution < -0.4 is 4.52 Å². The molecule has 0 fully saturated rings. The van der Waals surface area contributed by atoms with Crippen LogP contribution in [0.3, 0.4) is 0 Å². The van der Waals surface area contributed by atoms with Crippen LogP contribution in [0.25, 0.3) is 22.2 Å². The lowest BCUT2D eigenvalue weighted by molar-refractivity contribution is -0.568. The summed E-state index contributed by atoms with van der Waals surface area (Å²) in [6, 6.07) is 8.18. The van der Waals surface area contributed by atoms with Gasteiger partial charge in [-0.3, -0.25) is 0 Å². The Morgan fingerprint density at radius 2 is 2.00 bits per heavy atom. The van der Waals surface area contributed by atoms with E-state index < -0.39 is 0 Å². The molecule has 0 saturated carbocycles. The Labute approximate surface area is 89.9 Å². The van der Waals surface area contributed by atoms with Crippen molar-refractivity contribution in [2.45, 2.75) is 0 Å². The van der Waals surface area contributed by atoms with Gasteiger partial charge in [-0.2, -0.15) is 5.10 Å². The predicted octanol–water partition coefficient (Wildman–Crippen LogP) is 0.949. The molecule has 0 saturated heterocycles. The van der Waals surface area contributed by atoms with Gasteiger partial charge in [-0.25, -0.2) is 4.98 Å². The minimum Gasteiger partial charge on any atom is -0.214 e. The SMILES string of the molecule is c1ccc2c(c1)cn1[nH]c3nccnc3[n+]21. The van der Waals surface area contributed by atoms with Crippen LogP contribution in [-0.2, 0) is 0 Å². The van der Waals surface area contributed by atoms with Gasteiger partial charge in [0.25, 0.3) is 5.65 Å². The fraction of sp³-hybridized carbons (Fsp3) is 0. The van der Waals surface area contributed by atoms with Crippen molar-refractivity contribution >= 4 is 22.2 Å². The molecular weight excluding hydrogens is 202 g/mol. The van der Waals surface area contributed by atoms with E-state index in [9.17, 15) is 0 Å². The standard InChI is InChI=1S/C11H8N5/c1-2-4-9-8(3-1)7-15-14-10-11(16(9)15)13-6-5-12-10/h1-7H,(H,12,14)/q+1. The van der Waals surface area contributed by atoms with Crippen molar-refractivity contribution in [1.82, 2.24) is 19.7 Å². The second-order valence-corrected chi connectivity index (χ2v) is 3.68. The summed E-state index contributed by atoms with van der Waals surface area (Å²) in [6.07, 6.45) is 5.41. The Bertz CT molecular complexity index is 745. The van der Waals surface area contributed by atoms with Crippen LogP contribution >= 0.6 is 0 Å². The minimum atomic E-state index is 0.785. The third-order valence-electron chi connectivity index (χ3n) is 2.74. The number of nitrogens with zero attached hydrogens (tertiary/aromatic N) is 4. The summed E-state index contributed by atoms with van der Waals surface area (Å²) in [4.78, 5) is 8.58. The largest absolute Gasteiger partial charge is 0.346 e. The maximum Gasteiger partial charge on any atom is 0.346 e. The van der Waals surface area contributed by atoms with E-state index in [1.54, 1.807) is 12.4 Å². The Balaban J connectivity index is 2.38. The zero-order valence-corrected chi connectivity index (χ0v) is 8.33. The van der Waals surface area contributed by atoms with Gasteiger partial charge >= 0.3 is 5.65 Å². The van der Waals surface area contributed by atoms with E-state index in [1.165, 1.54) is 5.39 Å². The Morgan fingerprint density at radius 1 is 1.12 bits per heavy atom. The number of hydrogen-bond acceptors (Lipinski definition) is 2. The lowest BCUT2D eigenvalue weighted by atomic mass is 10.3. The summed E-state index contributed by atoms with van der Waals surface area (Å²) >= 11 is 0. The first-order chi connectivity index (χ1) is 7.93.